The molecule has 0 unspecified atom stereocenters. The fourth-order valence-corrected chi connectivity index (χ4v) is 2.66. The van der Waals surface area contributed by atoms with Gasteiger partial charge in [-0.05, 0) is 25.0 Å². The van der Waals surface area contributed by atoms with E-state index in [-0.39, 0.29) is 6.04 Å². The van der Waals surface area contributed by atoms with E-state index in [0.29, 0.717) is 18.4 Å². The first-order valence-corrected chi connectivity index (χ1v) is 7.15. The summed E-state index contributed by atoms with van der Waals surface area (Å²) in [5.41, 5.74) is 0.911. The number of anilines is 1. The van der Waals surface area contributed by atoms with Gasteiger partial charge in [0.1, 0.15) is 12.4 Å². The summed E-state index contributed by atoms with van der Waals surface area (Å²) in [5, 5.41) is 7.56. The van der Waals surface area contributed by atoms with Gasteiger partial charge in [-0.25, -0.2) is 0 Å². The van der Waals surface area contributed by atoms with Crippen LogP contribution >= 0.6 is 0 Å². The molecule has 1 aromatic carbocycles. The molecule has 2 aromatic rings. The van der Waals surface area contributed by atoms with E-state index in [9.17, 15) is 13.2 Å². The van der Waals surface area contributed by atoms with E-state index in [4.69, 9.17) is 4.74 Å². The number of ether oxygens (including phenoxy) is 1. The molecule has 116 valence electrons. The minimum absolute atomic E-state index is 0.158. The molecule has 4 nitrogen and oxygen atoms in total. The Balaban J connectivity index is 1.53. The number of hydrogen-bond acceptors (Lipinski definition) is 3. The van der Waals surface area contributed by atoms with E-state index in [2.05, 4.69) is 10.4 Å². The van der Waals surface area contributed by atoms with E-state index in [0.717, 1.165) is 36.2 Å². The summed E-state index contributed by atoms with van der Waals surface area (Å²) >= 11 is 0. The minimum atomic E-state index is -4.35. The van der Waals surface area contributed by atoms with Crippen LogP contribution in [0, 0.1) is 0 Å². The molecule has 1 saturated carbocycles. The molecule has 1 N–H and O–H groups in total. The molecule has 4 rings (SSSR count). The van der Waals surface area contributed by atoms with Gasteiger partial charge in [0.05, 0.1) is 29.5 Å². The van der Waals surface area contributed by atoms with Gasteiger partial charge in [-0.1, -0.05) is 6.07 Å². The second kappa shape index (κ2) is 4.66. The Kier molecular flexibility index (Phi) is 2.85. The number of alkyl halides is 3. The van der Waals surface area contributed by atoms with Crippen molar-refractivity contribution in [3.8, 4) is 5.75 Å². The number of benzene rings is 1. The summed E-state index contributed by atoms with van der Waals surface area (Å²) in [6.45, 7) is 0.311. The largest absolute Gasteiger partial charge is 0.491 e. The molecular weight excluding hydrogens is 295 g/mol. The highest BCUT2D eigenvalue weighted by Gasteiger charge is 2.34. The lowest BCUT2D eigenvalue weighted by Gasteiger charge is -2.12. The maximum absolute atomic E-state index is 12.7. The summed E-state index contributed by atoms with van der Waals surface area (Å²) in [6, 6.07) is 3.97. The average molecular weight is 309 g/mol. The summed E-state index contributed by atoms with van der Waals surface area (Å²) < 4.78 is 45.4. The maximum Gasteiger partial charge on any atom is 0.416 e. The van der Waals surface area contributed by atoms with Gasteiger partial charge in [0.25, 0.3) is 0 Å². The van der Waals surface area contributed by atoms with Crippen molar-refractivity contribution in [1.29, 1.82) is 0 Å². The summed E-state index contributed by atoms with van der Waals surface area (Å²) in [6.07, 6.45) is 1.61. The Morgan fingerprint density at radius 2 is 2.09 bits per heavy atom. The van der Waals surface area contributed by atoms with Crippen molar-refractivity contribution in [2.75, 3.05) is 11.9 Å². The zero-order chi connectivity index (χ0) is 15.3. The number of rotatable bonds is 3. The fourth-order valence-electron chi connectivity index (χ4n) is 2.66. The molecule has 22 heavy (non-hydrogen) atoms. The SMILES string of the molecule is FC(F)(F)c1ccc2c(c1)OC[C@H]2Nc1cnn(C2CC2)c1. The van der Waals surface area contributed by atoms with Crippen LogP contribution in [-0.4, -0.2) is 16.4 Å². The number of hydrogen-bond donors (Lipinski definition) is 1. The standard InChI is InChI=1S/C15H14F3N3O/c16-15(17,18)9-1-4-12-13(8-22-14(12)5-9)20-10-6-19-21(7-10)11-2-3-11/h1,4-7,11,13,20H,2-3,8H2/t13-/m1/s1. The number of fused-ring (bicyclic) bond motifs is 1. The lowest BCUT2D eigenvalue weighted by Crippen LogP contribution is -2.11. The lowest BCUT2D eigenvalue weighted by atomic mass is 10.1. The van der Waals surface area contributed by atoms with E-state index < -0.39 is 11.7 Å². The monoisotopic (exact) mass is 309 g/mol. The Morgan fingerprint density at radius 3 is 2.82 bits per heavy atom. The number of aromatic nitrogens is 2. The molecule has 1 atom stereocenters. The highest BCUT2D eigenvalue weighted by atomic mass is 19.4. The Hall–Kier alpha value is -2.18. The number of halogens is 3. The molecule has 0 radical (unpaired) electrons. The first-order valence-electron chi connectivity index (χ1n) is 7.15. The molecule has 1 aliphatic heterocycles. The van der Waals surface area contributed by atoms with Crippen LogP contribution in [0.2, 0.25) is 0 Å². The van der Waals surface area contributed by atoms with Crippen molar-refractivity contribution >= 4 is 5.69 Å². The third-order valence-electron chi connectivity index (χ3n) is 3.99. The predicted molar refractivity (Wildman–Crippen MR) is 73.8 cm³/mol. The van der Waals surface area contributed by atoms with Crippen LogP contribution < -0.4 is 10.1 Å². The molecule has 0 bridgehead atoms. The predicted octanol–water partition coefficient (Wildman–Crippen LogP) is 3.78. The van der Waals surface area contributed by atoms with Crippen LogP contribution in [0.15, 0.2) is 30.6 Å². The Bertz CT molecular complexity index is 706. The minimum Gasteiger partial charge on any atom is -0.491 e. The maximum atomic E-state index is 12.7. The molecule has 1 aromatic heterocycles. The molecule has 2 aliphatic rings. The second-order valence-corrected chi connectivity index (χ2v) is 5.70. The van der Waals surface area contributed by atoms with Gasteiger partial charge in [0.15, 0.2) is 0 Å². The molecule has 0 saturated heterocycles. The topological polar surface area (TPSA) is 39.1 Å². The summed E-state index contributed by atoms with van der Waals surface area (Å²) in [4.78, 5) is 0. The van der Waals surface area contributed by atoms with Crippen LogP contribution in [0.4, 0.5) is 18.9 Å². The van der Waals surface area contributed by atoms with Crippen molar-refractivity contribution in [1.82, 2.24) is 9.78 Å². The lowest BCUT2D eigenvalue weighted by molar-refractivity contribution is -0.137. The van der Waals surface area contributed by atoms with E-state index in [1.165, 1.54) is 6.07 Å². The summed E-state index contributed by atoms with van der Waals surface area (Å²) in [5.74, 6) is 0.293. The van der Waals surface area contributed by atoms with Crippen molar-refractivity contribution in [2.24, 2.45) is 0 Å². The zero-order valence-electron chi connectivity index (χ0n) is 11.6. The fraction of sp³-hybridized carbons (Fsp3) is 0.400. The van der Waals surface area contributed by atoms with Gasteiger partial charge in [0, 0.05) is 11.8 Å². The normalized spacial score (nSPS) is 20.6. The molecule has 2 heterocycles. The van der Waals surface area contributed by atoms with Crippen LogP contribution in [0.3, 0.4) is 0 Å². The average Bonchev–Trinajstić information content (AvgIpc) is 3.09. The Morgan fingerprint density at radius 1 is 1.27 bits per heavy atom. The van der Waals surface area contributed by atoms with E-state index in [1.54, 1.807) is 6.20 Å². The van der Waals surface area contributed by atoms with Crippen molar-refractivity contribution in [2.45, 2.75) is 31.1 Å². The highest BCUT2D eigenvalue weighted by molar-refractivity contribution is 5.49. The third-order valence-corrected chi connectivity index (χ3v) is 3.99. The van der Waals surface area contributed by atoms with Gasteiger partial charge in [-0.2, -0.15) is 18.3 Å². The van der Waals surface area contributed by atoms with E-state index >= 15 is 0 Å². The van der Waals surface area contributed by atoms with Crippen LogP contribution in [-0.2, 0) is 6.18 Å². The molecule has 1 fully saturated rings. The van der Waals surface area contributed by atoms with E-state index in [1.807, 2.05) is 10.9 Å². The molecular formula is C15H14F3N3O. The molecule has 7 heteroatoms. The highest BCUT2D eigenvalue weighted by Crippen LogP contribution is 2.40. The van der Waals surface area contributed by atoms with Gasteiger partial charge >= 0.3 is 6.18 Å². The van der Waals surface area contributed by atoms with Crippen LogP contribution in [0.1, 0.15) is 36.1 Å². The van der Waals surface area contributed by atoms with Crippen molar-refractivity contribution < 1.29 is 17.9 Å². The van der Waals surface area contributed by atoms with Gasteiger partial charge < -0.3 is 10.1 Å². The molecule has 1 aliphatic carbocycles. The summed E-state index contributed by atoms with van der Waals surface area (Å²) in [7, 11) is 0. The van der Waals surface area contributed by atoms with Crippen LogP contribution in [0.25, 0.3) is 0 Å². The van der Waals surface area contributed by atoms with Gasteiger partial charge in [-0.3, -0.25) is 4.68 Å². The first-order chi connectivity index (χ1) is 10.5. The number of nitrogens with one attached hydrogen (secondary N) is 1. The third kappa shape index (κ3) is 2.40. The van der Waals surface area contributed by atoms with Crippen LogP contribution in [0.5, 0.6) is 5.75 Å². The molecule has 0 spiro atoms. The van der Waals surface area contributed by atoms with Crippen molar-refractivity contribution in [3.05, 3.63) is 41.7 Å². The quantitative estimate of drug-likeness (QED) is 0.938. The van der Waals surface area contributed by atoms with Gasteiger partial charge in [-0.15, -0.1) is 0 Å². The van der Waals surface area contributed by atoms with Gasteiger partial charge in [0.2, 0.25) is 0 Å². The first kappa shape index (κ1) is 13.5. The Labute approximate surface area is 124 Å². The molecule has 0 amide bonds. The smallest absolute Gasteiger partial charge is 0.416 e. The number of nitrogens with zero attached hydrogens (tertiary/aromatic N) is 2. The zero-order valence-corrected chi connectivity index (χ0v) is 11.6. The van der Waals surface area contributed by atoms with Crippen molar-refractivity contribution in [3.63, 3.8) is 0 Å². The second-order valence-electron chi connectivity index (χ2n) is 5.70.